The van der Waals surface area contributed by atoms with Gasteiger partial charge in [0.15, 0.2) is 0 Å². The lowest BCUT2D eigenvalue weighted by Gasteiger charge is -2.36. The van der Waals surface area contributed by atoms with E-state index >= 15 is 0 Å². The number of rotatable bonds is 4. The average Bonchev–Trinajstić information content (AvgIpc) is 2.94. The minimum atomic E-state index is -0.379. The molecule has 0 bridgehead atoms. The molecule has 0 amide bonds. The Kier molecular flexibility index (Phi) is 4.57. The van der Waals surface area contributed by atoms with Crippen molar-refractivity contribution in [3.05, 3.63) is 56.7 Å². The zero-order valence-corrected chi connectivity index (χ0v) is 14.1. The fraction of sp³-hybridized carbons (Fsp3) is 0.353. The van der Waals surface area contributed by atoms with E-state index in [0.717, 1.165) is 27.8 Å². The summed E-state index contributed by atoms with van der Waals surface area (Å²) in [6.45, 7) is 1.32. The quantitative estimate of drug-likeness (QED) is 0.804. The zero-order valence-electron chi connectivity index (χ0n) is 11.7. The second-order valence-electron chi connectivity index (χ2n) is 5.39. The summed E-state index contributed by atoms with van der Waals surface area (Å²) in [5, 5.41) is 2.03. The van der Waals surface area contributed by atoms with Gasteiger partial charge in [-0.25, -0.2) is 0 Å². The van der Waals surface area contributed by atoms with Crippen LogP contribution in [0.4, 0.5) is 0 Å². The molecule has 1 saturated heterocycles. The minimum Gasteiger partial charge on any atom is -0.381 e. The Morgan fingerprint density at radius 3 is 2.57 bits per heavy atom. The lowest BCUT2D eigenvalue weighted by atomic mass is 9.70. The van der Waals surface area contributed by atoms with Gasteiger partial charge in [-0.3, -0.25) is 4.79 Å². The van der Waals surface area contributed by atoms with Gasteiger partial charge in [-0.2, -0.15) is 0 Å². The molecule has 1 aromatic carbocycles. The Morgan fingerprint density at radius 2 is 1.95 bits per heavy atom. The van der Waals surface area contributed by atoms with E-state index in [1.165, 1.54) is 0 Å². The zero-order chi connectivity index (χ0) is 14.7. The van der Waals surface area contributed by atoms with E-state index in [1.54, 1.807) is 11.3 Å². The van der Waals surface area contributed by atoms with Crippen LogP contribution in [0.3, 0.4) is 0 Å². The fourth-order valence-corrected chi connectivity index (χ4v) is 4.43. The monoisotopic (exact) mass is 364 g/mol. The molecule has 2 nitrogen and oxygen atoms in total. The third-order valence-electron chi connectivity index (χ3n) is 4.16. The van der Waals surface area contributed by atoms with Crippen LogP contribution < -0.4 is 0 Å². The molecular weight excluding hydrogens is 348 g/mol. The first-order valence-electron chi connectivity index (χ1n) is 7.10. The number of ether oxygens (including phenoxy) is 1. The van der Waals surface area contributed by atoms with E-state index in [9.17, 15) is 4.79 Å². The number of Topliss-reactive ketones (excluding diaryl/α,β-unsaturated/α-hetero) is 1. The summed E-state index contributed by atoms with van der Waals surface area (Å²) in [5.41, 5.74) is 0.754. The van der Waals surface area contributed by atoms with Crippen LogP contribution in [0.25, 0.3) is 0 Å². The van der Waals surface area contributed by atoms with Crippen molar-refractivity contribution >= 4 is 33.0 Å². The Balaban J connectivity index is 1.90. The van der Waals surface area contributed by atoms with E-state index in [0.29, 0.717) is 25.4 Å². The van der Waals surface area contributed by atoms with Crippen LogP contribution in [0, 0.1) is 0 Å². The third-order valence-corrected chi connectivity index (χ3v) is 5.86. The van der Waals surface area contributed by atoms with Crippen molar-refractivity contribution < 1.29 is 9.53 Å². The number of halogens is 1. The van der Waals surface area contributed by atoms with Crippen molar-refractivity contribution in [3.63, 3.8) is 0 Å². The Labute approximate surface area is 137 Å². The molecular formula is C17H17BrO2S. The topological polar surface area (TPSA) is 26.3 Å². The van der Waals surface area contributed by atoms with E-state index in [4.69, 9.17) is 4.74 Å². The van der Waals surface area contributed by atoms with Crippen molar-refractivity contribution in [3.8, 4) is 0 Å². The maximum atomic E-state index is 13.0. The molecule has 1 aliphatic heterocycles. The minimum absolute atomic E-state index is 0.311. The number of hydrogen-bond donors (Lipinski definition) is 0. The van der Waals surface area contributed by atoms with E-state index in [1.807, 2.05) is 29.6 Å². The summed E-state index contributed by atoms with van der Waals surface area (Å²) in [7, 11) is 0. The van der Waals surface area contributed by atoms with Gasteiger partial charge >= 0.3 is 0 Å². The van der Waals surface area contributed by atoms with Gasteiger partial charge in [-0.05, 0) is 40.4 Å². The van der Waals surface area contributed by atoms with Crippen molar-refractivity contribution in [2.45, 2.75) is 24.7 Å². The molecule has 3 rings (SSSR count). The lowest BCUT2D eigenvalue weighted by Crippen LogP contribution is -2.42. The van der Waals surface area contributed by atoms with Gasteiger partial charge < -0.3 is 4.74 Å². The van der Waals surface area contributed by atoms with Gasteiger partial charge in [-0.1, -0.05) is 30.3 Å². The van der Waals surface area contributed by atoms with Crippen LogP contribution >= 0.6 is 27.3 Å². The SMILES string of the molecule is O=C(Cc1cc(Br)cs1)C1(c2ccccc2)CCOCC1. The highest BCUT2D eigenvalue weighted by atomic mass is 79.9. The molecule has 21 heavy (non-hydrogen) atoms. The van der Waals surface area contributed by atoms with Crippen LogP contribution in [0.2, 0.25) is 0 Å². The molecule has 4 heteroatoms. The maximum Gasteiger partial charge on any atom is 0.148 e. The molecule has 2 heterocycles. The average molecular weight is 365 g/mol. The predicted molar refractivity (Wildman–Crippen MR) is 88.9 cm³/mol. The highest BCUT2D eigenvalue weighted by Gasteiger charge is 2.41. The number of carbonyl (C=O) groups is 1. The number of hydrogen-bond acceptors (Lipinski definition) is 3. The summed E-state index contributed by atoms with van der Waals surface area (Å²) in [4.78, 5) is 14.2. The highest BCUT2D eigenvalue weighted by molar-refractivity contribution is 9.10. The first-order chi connectivity index (χ1) is 10.2. The van der Waals surface area contributed by atoms with Gasteiger partial charge in [0.05, 0.1) is 5.41 Å². The molecule has 1 fully saturated rings. The summed E-state index contributed by atoms with van der Waals surface area (Å²) in [6, 6.07) is 12.2. The van der Waals surface area contributed by atoms with Crippen molar-refractivity contribution in [2.24, 2.45) is 0 Å². The number of thiophene rings is 1. The number of ketones is 1. The van der Waals surface area contributed by atoms with E-state index < -0.39 is 0 Å². The van der Waals surface area contributed by atoms with Crippen LogP contribution in [-0.4, -0.2) is 19.0 Å². The van der Waals surface area contributed by atoms with Crippen LogP contribution in [0.15, 0.2) is 46.3 Å². The number of benzene rings is 1. The molecule has 0 radical (unpaired) electrons. The summed E-state index contributed by atoms with van der Waals surface area (Å²) < 4.78 is 6.55. The van der Waals surface area contributed by atoms with Crippen LogP contribution in [0.5, 0.6) is 0 Å². The standard InChI is InChI=1S/C17H17BrO2S/c18-14-10-15(21-12-14)11-16(19)17(6-8-20-9-7-17)13-4-2-1-3-5-13/h1-5,10,12H,6-9,11H2. The maximum absolute atomic E-state index is 13.0. The Bertz CT molecular complexity index is 615. The van der Waals surface area contributed by atoms with E-state index in [-0.39, 0.29) is 5.41 Å². The predicted octanol–water partition coefficient (Wildman–Crippen LogP) is 4.37. The lowest BCUT2D eigenvalue weighted by molar-refractivity contribution is -0.127. The molecule has 0 unspecified atom stereocenters. The largest absolute Gasteiger partial charge is 0.381 e. The van der Waals surface area contributed by atoms with Crippen molar-refractivity contribution in [1.82, 2.24) is 0 Å². The smallest absolute Gasteiger partial charge is 0.148 e. The summed E-state index contributed by atoms with van der Waals surface area (Å²) in [6.07, 6.45) is 2.07. The Hall–Kier alpha value is -0.970. The van der Waals surface area contributed by atoms with Crippen molar-refractivity contribution in [2.75, 3.05) is 13.2 Å². The van der Waals surface area contributed by atoms with Crippen LogP contribution in [0.1, 0.15) is 23.3 Å². The van der Waals surface area contributed by atoms with Crippen molar-refractivity contribution in [1.29, 1.82) is 0 Å². The first-order valence-corrected chi connectivity index (χ1v) is 8.77. The van der Waals surface area contributed by atoms with Gasteiger partial charge in [0, 0.05) is 34.4 Å². The molecule has 0 saturated carbocycles. The second-order valence-corrected chi connectivity index (χ2v) is 7.30. The van der Waals surface area contributed by atoms with Gasteiger partial charge in [-0.15, -0.1) is 11.3 Å². The molecule has 0 spiro atoms. The molecule has 1 aliphatic rings. The van der Waals surface area contributed by atoms with Gasteiger partial charge in [0.1, 0.15) is 5.78 Å². The highest BCUT2D eigenvalue weighted by Crippen LogP contribution is 2.37. The van der Waals surface area contributed by atoms with Gasteiger partial charge in [0.25, 0.3) is 0 Å². The first kappa shape index (κ1) is 14.9. The second kappa shape index (κ2) is 6.42. The molecule has 110 valence electrons. The Morgan fingerprint density at radius 1 is 1.24 bits per heavy atom. The summed E-state index contributed by atoms with van der Waals surface area (Å²) in [5.74, 6) is 0.311. The molecule has 1 aromatic heterocycles. The van der Waals surface area contributed by atoms with Gasteiger partial charge in [0.2, 0.25) is 0 Å². The fourth-order valence-electron chi connectivity index (χ4n) is 2.98. The van der Waals surface area contributed by atoms with Crippen LogP contribution in [-0.2, 0) is 21.4 Å². The summed E-state index contributed by atoms with van der Waals surface area (Å²) >= 11 is 5.09. The molecule has 0 aliphatic carbocycles. The number of carbonyl (C=O) groups excluding carboxylic acids is 1. The molecule has 0 N–H and O–H groups in total. The molecule has 0 atom stereocenters. The molecule has 2 aromatic rings. The normalized spacial score (nSPS) is 17.6. The van der Waals surface area contributed by atoms with E-state index in [2.05, 4.69) is 28.1 Å². The third kappa shape index (κ3) is 3.12.